The first-order chi connectivity index (χ1) is 8.33. The number of esters is 1. The predicted octanol–water partition coefficient (Wildman–Crippen LogP) is 3.18. The van der Waals surface area contributed by atoms with Gasteiger partial charge in [-0.25, -0.2) is 0 Å². The average Bonchev–Trinajstić information content (AvgIpc) is 2.38. The van der Waals surface area contributed by atoms with E-state index >= 15 is 0 Å². The van der Waals surface area contributed by atoms with Crippen molar-refractivity contribution in [1.29, 1.82) is 0 Å². The third-order valence-electron chi connectivity index (χ3n) is 1.91. The second-order valence-corrected chi connectivity index (χ2v) is 5.39. The van der Waals surface area contributed by atoms with Gasteiger partial charge in [-0.1, -0.05) is 24.3 Å². The standard InChI is InChI=1S/C13H16O2S2/c1-2-13(14)15-11-17-9-8-16-10-12-6-4-3-5-7-12/h3-6H,1-2,8-11H2. The van der Waals surface area contributed by atoms with E-state index < -0.39 is 0 Å². The topological polar surface area (TPSA) is 26.3 Å². The molecular formula is C13H16O2S2. The number of hydrogen-bond donors (Lipinski definition) is 0. The van der Waals surface area contributed by atoms with E-state index in [2.05, 4.69) is 19.1 Å². The highest BCUT2D eigenvalue weighted by Gasteiger charge is 1.98. The summed E-state index contributed by atoms with van der Waals surface area (Å²) < 4.78 is 4.90. The molecule has 0 fully saturated rings. The molecular weight excluding hydrogens is 252 g/mol. The molecule has 0 saturated carbocycles. The van der Waals surface area contributed by atoms with Crippen LogP contribution in [-0.4, -0.2) is 23.4 Å². The minimum Gasteiger partial charge on any atom is -0.455 e. The van der Waals surface area contributed by atoms with Gasteiger partial charge in [0.2, 0.25) is 0 Å². The van der Waals surface area contributed by atoms with Crippen LogP contribution in [0, 0.1) is 13.0 Å². The summed E-state index contributed by atoms with van der Waals surface area (Å²) in [5, 5.41) is 0. The summed E-state index contributed by atoms with van der Waals surface area (Å²) in [6, 6.07) is 11.2. The molecule has 1 aromatic rings. The molecule has 0 heterocycles. The number of benzene rings is 1. The van der Waals surface area contributed by atoms with E-state index in [0.717, 1.165) is 17.3 Å². The third-order valence-corrected chi connectivity index (χ3v) is 3.95. The van der Waals surface area contributed by atoms with Crippen LogP contribution in [0.25, 0.3) is 0 Å². The second-order valence-electron chi connectivity index (χ2n) is 3.23. The van der Waals surface area contributed by atoms with Gasteiger partial charge in [-0.15, -0.1) is 11.8 Å². The van der Waals surface area contributed by atoms with Crippen molar-refractivity contribution in [2.75, 3.05) is 17.4 Å². The zero-order valence-corrected chi connectivity index (χ0v) is 11.3. The molecule has 0 aliphatic heterocycles. The first-order valence-electron chi connectivity index (χ1n) is 5.39. The Morgan fingerprint density at radius 3 is 2.88 bits per heavy atom. The Bertz CT molecular complexity index is 314. The highest BCUT2D eigenvalue weighted by molar-refractivity contribution is 8.02. The van der Waals surface area contributed by atoms with Crippen LogP contribution in [0.15, 0.2) is 24.3 Å². The summed E-state index contributed by atoms with van der Waals surface area (Å²) in [6.45, 7) is 3.46. The van der Waals surface area contributed by atoms with Gasteiger partial charge < -0.3 is 4.74 Å². The van der Waals surface area contributed by atoms with E-state index in [1.165, 1.54) is 5.56 Å². The fourth-order valence-electron chi connectivity index (χ4n) is 1.06. The maximum atomic E-state index is 10.8. The Morgan fingerprint density at radius 2 is 2.18 bits per heavy atom. The molecule has 1 rings (SSSR count). The molecule has 0 spiro atoms. The molecule has 0 aromatic heterocycles. The molecule has 0 unspecified atom stereocenters. The average molecular weight is 268 g/mol. The molecule has 1 aromatic carbocycles. The summed E-state index contributed by atoms with van der Waals surface area (Å²) in [7, 11) is 0. The van der Waals surface area contributed by atoms with Crippen LogP contribution in [0.3, 0.4) is 0 Å². The Balaban J connectivity index is 1.93. The van der Waals surface area contributed by atoms with E-state index in [1.54, 1.807) is 11.8 Å². The van der Waals surface area contributed by atoms with Gasteiger partial charge >= 0.3 is 5.97 Å². The van der Waals surface area contributed by atoms with Gasteiger partial charge in [-0.2, -0.15) is 11.8 Å². The third kappa shape index (κ3) is 7.34. The van der Waals surface area contributed by atoms with Gasteiger partial charge in [0, 0.05) is 23.7 Å². The zero-order chi connectivity index (χ0) is 12.3. The molecule has 0 atom stereocenters. The quantitative estimate of drug-likeness (QED) is 0.411. The van der Waals surface area contributed by atoms with Crippen molar-refractivity contribution < 1.29 is 9.53 Å². The molecule has 92 valence electrons. The van der Waals surface area contributed by atoms with Gasteiger partial charge in [0.15, 0.2) is 0 Å². The number of carbonyl (C=O) groups is 1. The Labute approximate surface area is 112 Å². The highest BCUT2D eigenvalue weighted by Crippen LogP contribution is 2.13. The van der Waals surface area contributed by atoms with Crippen LogP contribution in [0.5, 0.6) is 0 Å². The van der Waals surface area contributed by atoms with Gasteiger partial charge in [0.05, 0.1) is 0 Å². The molecule has 0 amide bonds. The van der Waals surface area contributed by atoms with Crippen LogP contribution in [0.1, 0.15) is 12.0 Å². The lowest BCUT2D eigenvalue weighted by Crippen LogP contribution is -2.02. The van der Waals surface area contributed by atoms with Crippen LogP contribution in [0.2, 0.25) is 0 Å². The van der Waals surface area contributed by atoms with Crippen molar-refractivity contribution in [2.24, 2.45) is 0 Å². The molecule has 0 saturated heterocycles. The Kier molecular flexibility index (Phi) is 8.01. The Hall–Kier alpha value is -0.610. The fourth-order valence-corrected chi connectivity index (χ4v) is 2.88. The predicted molar refractivity (Wildman–Crippen MR) is 74.8 cm³/mol. The molecule has 2 radical (unpaired) electrons. The first kappa shape index (κ1) is 14.5. The van der Waals surface area contributed by atoms with Gasteiger partial charge in [0.25, 0.3) is 0 Å². The fraction of sp³-hybridized carbons (Fsp3) is 0.385. The van der Waals surface area contributed by atoms with E-state index in [4.69, 9.17) is 4.74 Å². The maximum Gasteiger partial charge on any atom is 0.306 e. The minimum absolute atomic E-state index is 0.207. The van der Waals surface area contributed by atoms with Gasteiger partial charge in [0.1, 0.15) is 5.94 Å². The number of carbonyl (C=O) groups excluding carboxylic acids is 1. The lowest BCUT2D eigenvalue weighted by molar-refractivity contribution is -0.140. The summed E-state index contributed by atoms with van der Waals surface area (Å²) in [6.07, 6.45) is 0.207. The van der Waals surface area contributed by atoms with Crippen LogP contribution in [0.4, 0.5) is 0 Å². The molecule has 0 N–H and O–H groups in total. The number of rotatable bonds is 8. The van der Waals surface area contributed by atoms with E-state index in [-0.39, 0.29) is 12.4 Å². The van der Waals surface area contributed by atoms with Crippen molar-refractivity contribution in [3.05, 3.63) is 42.8 Å². The van der Waals surface area contributed by atoms with Gasteiger partial charge in [-0.3, -0.25) is 4.79 Å². The summed E-state index contributed by atoms with van der Waals surface area (Å²) >= 11 is 3.50. The molecule has 0 aliphatic rings. The van der Waals surface area contributed by atoms with Crippen molar-refractivity contribution in [3.8, 4) is 0 Å². The summed E-state index contributed by atoms with van der Waals surface area (Å²) in [4.78, 5) is 10.8. The SMILES string of the molecule is [CH2]CC(=O)OCSCCSCc1[c]cccc1. The lowest BCUT2D eigenvalue weighted by atomic mass is 10.2. The van der Waals surface area contributed by atoms with Crippen LogP contribution in [-0.2, 0) is 15.3 Å². The van der Waals surface area contributed by atoms with Gasteiger partial charge in [-0.05, 0) is 18.6 Å². The van der Waals surface area contributed by atoms with Crippen molar-refractivity contribution in [2.45, 2.75) is 12.2 Å². The minimum atomic E-state index is -0.232. The molecule has 17 heavy (non-hydrogen) atoms. The zero-order valence-electron chi connectivity index (χ0n) is 9.69. The van der Waals surface area contributed by atoms with Crippen LogP contribution < -0.4 is 0 Å². The Morgan fingerprint density at radius 1 is 1.35 bits per heavy atom. The highest BCUT2D eigenvalue weighted by atomic mass is 32.2. The lowest BCUT2D eigenvalue weighted by Gasteiger charge is -2.03. The van der Waals surface area contributed by atoms with Crippen molar-refractivity contribution in [1.82, 2.24) is 0 Å². The molecule has 4 heteroatoms. The summed E-state index contributed by atoms with van der Waals surface area (Å²) in [5.74, 6) is 3.23. The smallest absolute Gasteiger partial charge is 0.306 e. The maximum absolute atomic E-state index is 10.8. The largest absolute Gasteiger partial charge is 0.455 e. The monoisotopic (exact) mass is 268 g/mol. The molecule has 0 bridgehead atoms. The normalized spacial score (nSPS) is 10.2. The number of ether oxygens (including phenoxy) is 1. The molecule has 0 aliphatic carbocycles. The first-order valence-corrected chi connectivity index (χ1v) is 7.70. The molecule has 2 nitrogen and oxygen atoms in total. The summed E-state index contributed by atoms with van der Waals surface area (Å²) in [5.41, 5.74) is 1.23. The number of hydrogen-bond acceptors (Lipinski definition) is 4. The van der Waals surface area contributed by atoms with E-state index in [1.807, 2.05) is 30.0 Å². The van der Waals surface area contributed by atoms with E-state index in [0.29, 0.717) is 5.94 Å². The number of thioether (sulfide) groups is 2. The second kappa shape index (κ2) is 9.42. The van der Waals surface area contributed by atoms with Crippen LogP contribution >= 0.6 is 23.5 Å². The van der Waals surface area contributed by atoms with Crippen molar-refractivity contribution in [3.63, 3.8) is 0 Å². The van der Waals surface area contributed by atoms with E-state index in [9.17, 15) is 4.79 Å². The van der Waals surface area contributed by atoms with Crippen molar-refractivity contribution >= 4 is 29.5 Å².